The molecule has 0 amide bonds. The van der Waals surface area contributed by atoms with Crippen molar-refractivity contribution in [1.82, 2.24) is 5.32 Å². The Hall–Kier alpha value is -0.860. The van der Waals surface area contributed by atoms with E-state index >= 15 is 0 Å². The molecule has 0 bridgehead atoms. The SMILES string of the molecule is C[C@@H](O)CNCC(C)(C)c1ccccc1. The summed E-state index contributed by atoms with van der Waals surface area (Å²) in [5, 5.41) is 12.4. The largest absolute Gasteiger partial charge is 0.392 e. The van der Waals surface area contributed by atoms with Crippen molar-refractivity contribution >= 4 is 0 Å². The predicted molar refractivity (Wildman–Crippen MR) is 64.0 cm³/mol. The Balaban J connectivity index is 2.52. The summed E-state index contributed by atoms with van der Waals surface area (Å²) in [6.07, 6.45) is -0.281. The third-order valence-corrected chi connectivity index (χ3v) is 2.56. The van der Waals surface area contributed by atoms with Crippen molar-refractivity contribution in [2.45, 2.75) is 32.3 Å². The highest BCUT2D eigenvalue weighted by atomic mass is 16.3. The van der Waals surface area contributed by atoms with Gasteiger partial charge in [0.15, 0.2) is 0 Å². The number of rotatable bonds is 5. The zero-order chi connectivity index (χ0) is 11.3. The van der Waals surface area contributed by atoms with E-state index in [9.17, 15) is 0 Å². The van der Waals surface area contributed by atoms with Crippen LogP contribution in [-0.4, -0.2) is 24.3 Å². The van der Waals surface area contributed by atoms with Gasteiger partial charge in [0.05, 0.1) is 6.10 Å². The van der Waals surface area contributed by atoms with Gasteiger partial charge in [-0.25, -0.2) is 0 Å². The number of hydrogen-bond donors (Lipinski definition) is 2. The van der Waals surface area contributed by atoms with Gasteiger partial charge in [-0.3, -0.25) is 0 Å². The number of aliphatic hydroxyl groups is 1. The maximum Gasteiger partial charge on any atom is 0.0636 e. The van der Waals surface area contributed by atoms with Crippen molar-refractivity contribution in [3.8, 4) is 0 Å². The predicted octanol–water partition coefficient (Wildman–Crippen LogP) is 1.93. The van der Waals surface area contributed by atoms with Crippen LogP contribution in [0.2, 0.25) is 0 Å². The van der Waals surface area contributed by atoms with Gasteiger partial charge in [-0.05, 0) is 12.5 Å². The van der Waals surface area contributed by atoms with Crippen molar-refractivity contribution in [3.05, 3.63) is 35.9 Å². The average Bonchev–Trinajstić information content (AvgIpc) is 2.18. The fraction of sp³-hybridized carbons (Fsp3) is 0.538. The monoisotopic (exact) mass is 207 g/mol. The molecule has 2 N–H and O–H groups in total. The molecule has 0 heterocycles. The molecule has 2 nitrogen and oxygen atoms in total. The Morgan fingerprint density at radius 3 is 2.40 bits per heavy atom. The summed E-state index contributed by atoms with van der Waals surface area (Å²) in [5.74, 6) is 0. The molecule has 2 heteroatoms. The lowest BCUT2D eigenvalue weighted by atomic mass is 9.84. The Bertz CT molecular complexity index is 280. The fourth-order valence-corrected chi connectivity index (χ4v) is 1.58. The Morgan fingerprint density at radius 2 is 1.87 bits per heavy atom. The van der Waals surface area contributed by atoms with E-state index in [-0.39, 0.29) is 11.5 Å². The third kappa shape index (κ3) is 4.02. The molecule has 0 unspecified atom stereocenters. The van der Waals surface area contributed by atoms with Crippen LogP contribution in [0.3, 0.4) is 0 Å². The summed E-state index contributed by atoms with van der Waals surface area (Å²) >= 11 is 0. The van der Waals surface area contributed by atoms with E-state index in [1.807, 2.05) is 6.07 Å². The lowest BCUT2D eigenvalue weighted by molar-refractivity contribution is 0.188. The molecule has 1 aromatic carbocycles. The van der Waals surface area contributed by atoms with E-state index in [0.29, 0.717) is 6.54 Å². The van der Waals surface area contributed by atoms with Crippen LogP contribution in [0.25, 0.3) is 0 Å². The molecule has 0 saturated heterocycles. The molecule has 0 aromatic heterocycles. The maximum atomic E-state index is 9.16. The van der Waals surface area contributed by atoms with Crippen molar-refractivity contribution in [2.75, 3.05) is 13.1 Å². The second kappa shape index (κ2) is 5.29. The van der Waals surface area contributed by atoms with E-state index in [4.69, 9.17) is 5.11 Å². The molecule has 0 spiro atoms. The first-order chi connectivity index (χ1) is 7.02. The smallest absolute Gasteiger partial charge is 0.0636 e. The molecule has 0 aliphatic rings. The molecule has 84 valence electrons. The second-order valence-corrected chi connectivity index (χ2v) is 4.73. The molecule has 0 aliphatic heterocycles. The van der Waals surface area contributed by atoms with Crippen LogP contribution in [0.4, 0.5) is 0 Å². The Kier molecular flexibility index (Phi) is 4.30. The topological polar surface area (TPSA) is 32.3 Å². The summed E-state index contributed by atoms with van der Waals surface area (Å²) < 4.78 is 0. The van der Waals surface area contributed by atoms with E-state index in [2.05, 4.69) is 43.4 Å². The standard InChI is InChI=1S/C13H21NO/c1-11(15)9-14-10-13(2,3)12-7-5-4-6-8-12/h4-8,11,14-15H,9-10H2,1-3H3/t11-/m1/s1. The van der Waals surface area contributed by atoms with Crippen molar-refractivity contribution in [3.63, 3.8) is 0 Å². The highest BCUT2D eigenvalue weighted by Crippen LogP contribution is 2.21. The molecular weight excluding hydrogens is 186 g/mol. The fourth-order valence-electron chi connectivity index (χ4n) is 1.58. The summed E-state index contributed by atoms with van der Waals surface area (Å²) in [5.41, 5.74) is 1.43. The van der Waals surface area contributed by atoms with Gasteiger partial charge in [-0.2, -0.15) is 0 Å². The van der Waals surface area contributed by atoms with Gasteiger partial charge in [-0.1, -0.05) is 44.2 Å². The van der Waals surface area contributed by atoms with E-state index in [1.165, 1.54) is 5.56 Å². The van der Waals surface area contributed by atoms with E-state index < -0.39 is 0 Å². The average molecular weight is 207 g/mol. The van der Waals surface area contributed by atoms with Gasteiger partial charge in [-0.15, -0.1) is 0 Å². The van der Waals surface area contributed by atoms with Crippen LogP contribution in [0, 0.1) is 0 Å². The minimum Gasteiger partial charge on any atom is -0.392 e. The van der Waals surface area contributed by atoms with Gasteiger partial charge >= 0.3 is 0 Å². The van der Waals surface area contributed by atoms with Gasteiger partial charge < -0.3 is 10.4 Å². The van der Waals surface area contributed by atoms with Crippen LogP contribution in [0.1, 0.15) is 26.3 Å². The van der Waals surface area contributed by atoms with Crippen LogP contribution in [0.5, 0.6) is 0 Å². The first-order valence-electron chi connectivity index (χ1n) is 5.47. The van der Waals surface area contributed by atoms with Gasteiger partial charge in [0.25, 0.3) is 0 Å². The van der Waals surface area contributed by atoms with Crippen LogP contribution >= 0.6 is 0 Å². The molecule has 0 radical (unpaired) electrons. The zero-order valence-electron chi connectivity index (χ0n) is 9.83. The third-order valence-electron chi connectivity index (χ3n) is 2.56. The summed E-state index contributed by atoms with van der Waals surface area (Å²) in [4.78, 5) is 0. The molecule has 0 fully saturated rings. The minimum atomic E-state index is -0.281. The molecule has 1 rings (SSSR count). The molecule has 0 aliphatic carbocycles. The molecular formula is C13H21NO. The van der Waals surface area contributed by atoms with Crippen LogP contribution in [0.15, 0.2) is 30.3 Å². The zero-order valence-corrected chi connectivity index (χ0v) is 9.83. The van der Waals surface area contributed by atoms with Crippen molar-refractivity contribution < 1.29 is 5.11 Å². The van der Waals surface area contributed by atoms with Crippen LogP contribution in [-0.2, 0) is 5.41 Å². The minimum absolute atomic E-state index is 0.107. The number of hydrogen-bond acceptors (Lipinski definition) is 2. The first-order valence-corrected chi connectivity index (χ1v) is 5.47. The van der Waals surface area contributed by atoms with Gasteiger partial charge in [0.1, 0.15) is 0 Å². The quantitative estimate of drug-likeness (QED) is 0.773. The molecule has 15 heavy (non-hydrogen) atoms. The van der Waals surface area contributed by atoms with Gasteiger partial charge in [0, 0.05) is 18.5 Å². The number of benzene rings is 1. The van der Waals surface area contributed by atoms with Crippen LogP contribution < -0.4 is 5.32 Å². The Labute approximate surface area is 92.3 Å². The Morgan fingerprint density at radius 1 is 1.27 bits per heavy atom. The maximum absolute atomic E-state index is 9.16. The summed E-state index contributed by atoms with van der Waals surface area (Å²) in [6.45, 7) is 7.73. The highest BCUT2D eigenvalue weighted by molar-refractivity contribution is 5.23. The van der Waals surface area contributed by atoms with E-state index in [0.717, 1.165) is 6.54 Å². The van der Waals surface area contributed by atoms with Gasteiger partial charge in [0.2, 0.25) is 0 Å². The normalized spacial score (nSPS) is 13.9. The molecule has 1 aromatic rings. The lowest BCUT2D eigenvalue weighted by Crippen LogP contribution is -2.36. The van der Waals surface area contributed by atoms with Crippen molar-refractivity contribution in [1.29, 1.82) is 0 Å². The molecule has 0 saturated carbocycles. The van der Waals surface area contributed by atoms with Crippen molar-refractivity contribution in [2.24, 2.45) is 0 Å². The summed E-state index contributed by atoms with van der Waals surface area (Å²) in [6, 6.07) is 10.4. The highest BCUT2D eigenvalue weighted by Gasteiger charge is 2.19. The number of aliphatic hydroxyl groups excluding tert-OH is 1. The number of nitrogens with one attached hydrogen (secondary N) is 1. The molecule has 1 atom stereocenters. The lowest BCUT2D eigenvalue weighted by Gasteiger charge is -2.26. The first kappa shape index (κ1) is 12.2. The second-order valence-electron chi connectivity index (χ2n) is 4.73. The summed E-state index contributed by atoms with van der Waals surface area (Å²) in [7, 11) is 0. The van der Waals surface area contributed by atoms with E-state index in [1.54, 1.807) is 6.92 Å².